The zero-order valence-electron chi connectivity index (χ0n) is 16.6. The van der Waals surface area contributed by atoms with Crippen molar-refractivity contribution in [1.82, 2.24) is 24.9 Å². The number of aromatic nitrogens is 4. The molecule has 2 aromatic heterocycles. The average molecular weight is 508 g/mol. The Labute approximate surface area is 189 Å². The molecular formula is C18H14ClF4N5O4S. The van der Waals surface area contributed by atoms with E-state index in [4.69, 9.17) is 11.6 Å². The summed E-state index contributed by atoms with van der Waals surface area (Å²) in [5.41, 5.74) is -0.692. The van der Waals surface area contributed by atoms with E-state index in [0.717, 1.165) is 24.6 Å². The highest BCUT2D eigenvalue weighted by molar-refractivity contribution is 7.81. The van der Waals surface area contributed by atoms with E-state index >= 15 is 0 Å². The van der Waals surface area contributed by atoms with E-state index in [1.54, 1.807) is 6.07 Å². The Bertz CT molecular complexity index is 1350. The maximum atomic E-state index is 13.7. The number of amides is 1. The predicted octanol–water partition coefficient (Wildman–Crippen LogP) is 3.43. The molecular weight excluding hydrogens is 494 g/mol. The molecule has 1 amide bonds. The highest BCUT2D eigenvalue weighted by atomic mass is 35.5. The summed E-state index contributed by atoms with van der Waals surface area (Å²) >= 11 is 6.12. The van der Waals surface area contributed by atoms with Crippen molar-refractivity contribution in [3.63, 3.8) is 0 Å². The summed E-state index contributed by atoms with van der Waals surface area (Å²) in [6.07, 6.45) is -0.976. The summed E-state index contributed by atoms with van der Waals surface area (Å²) in [5, 5.41) is 10.2. The Morgan fingerprint density at radius 2 is 1.97 bits per heavy atom. The van der Waals surface area contributed by atoms with Crippen LogP contribution in [0.3, 0.4) is 0 Å². The predicted molar refractivity (Wildman–Crippen MR) is 107 cm³/mol. The van der Waals surface area contributed by atoms with Crippen LogP contribution >= 0.6 is 11.6 Å². The molecule has 176 valence electrons. The molecule has 2 heterocycles. The summed E-state index contributed by atoms with van der Waals surface area (Å²) < 4.78 is 80.6. The third-order valence-electron chi connectivity index (χ3n) is 4.70. The molecule has 1 N–H and O–H groups in total. The van der Waals surface area contributed by atoms with Gasteiger partial charge >= 0.3 is 16.7 Å². The Morgan fingerprint density at radius 3 is 2.58 bits per heavy atom. The van der Waals surface area contributed by atoms with E-state index in [1.807, 2.05) is 0 Å². The van der Waals surface area contributed by atoms with Gasteiger partial charge in [0, 0.05) is 24.8 Å². The lowest BCUT2D eigenvalue weighted by molar-refractivity contribution is -0.138. The van der Waals surface area contributed by atoms with Gasteiger partial charge in [-0.2, -0.15) is 26.7 Å². The second-order valence-electron chi connectivity index (χ2n) is 7.22. The highest BCUT2D eigenvalue weighted by Crippen LogP contribution is 2.40. The van der Waals surface area contributed by atoms with Crippen molar-refractivity contribution in [3.05, 3.63) is 46.7 Å². The van der Waals surface area contributed by atoms with Crippen LogP contribution in [0, 0.1) is 0 Å². The summed E-state index contributed by atoms with van der Waals surface area (Å²) in [7, 11) is -4.68. The summed E-state index contributed by atoms with van der Waals surface area (Å²) in [6.45, 7) is 0. The molecule has 0 aliphatic heterocycles. The fraction of sp³-hybridized carbons (Fsp3) is 0.278. The smallest absolute Gasteiger partial charge is 0.349 e. The van der Waals surface area contributed by atoms with Crippen molar-refractivity contribution < 1.29 is 34.5 Å². The lowest BCUT2D eigenvalue weighted by Crippen LogP contribution is -2.25. The van der Waals surface area contributed by atoms with Crippen LogP contribution in [0.5, 0.6) is 5.88 Å². The molecule has 4 rings (SSSR count). The maximum Gasteiger partial charge on any atom is 0.490 e. The van der Waals surface area contributed by atoms with Gasteiger partial charge in [0.05, 0.1) is 16.8 Å². The van der Waals surface area contributed by atoms with Crippen molar-refractivity contribution in [3.8, 4) is 22.8 Å². The van der Waals surface area contributed by atoms with Gasteiger partial charge in [0.25, 0.3) is 11.8 Å². The molecule has 0 atom stereocenters. The van der Waals surface area contributed by atoms with Crippen LogP contribution in [-0.4, -0.2) is 39.9 Å². The molecule has 0 bridgehead atoms. The lowest BCUT2D eigenvalue weighted by Gasteiger charge is -2.10. The lowest BCUT2D eigenvalue weighted by atomic mass is 10.1. The van der Waals surface area contributed by atoms with Crippen LogP contribution in [0.25, 0.3) is 16.9 Å². The number of rotatable bonds is 6. The summed E-state index contributed by atoms with van der Waals surface area (Å²) in [4.78, 5) is 12.4. The zero-order valence-corrected chi connectivity index (χ0v) is 18.2. The quantitative estimate of drug-likeness (QED) is 0.404. The number of nitrogens with one attached hydrogen (secondary N) is 1. The Morgan fingerprint density at radius 1 is 1.27 bits per heavy atom. The molecule has 1 saturated carbocycles. The first-order chi connectivity index (χ1) is 15.3. The van der Waals surface area contributed by atoms with Gasteiger partial charge in [-0.3, -0.25) is 4.79 Å². The van der Waals surface area contributed by atoms with Gasteiger partial charge in [0.2, 0.25) is 0 Å². The first kappa shape index (κ1) is 23.0. The number of aryl methyl sites for hydroxylation is 1. The molecule has 0 radical (unpaired) electrons. The molecule has 1 aliphatic carbocycles. The number of benzene rings is 1. The van der Waals surface area contributed by atoms with Crippen molar-refractivity contribution in [1.29, 1.82) is 0 Å². The van der Waals surface area contributed by atoms with Gasteiger partial charge in [-0.15, -0.1) is 5.10 Å². The van der Waals surface area contributed by atoms with Gasteiger partial charge in [-0.1, -0.05) is 21.6 Å². The molecule has 0 saturated heterocycles. The Kier molecular flexibility index (Phi) is 5.60. The van der Waals surface area contributed by atoms with Gasteiger partial charge in [0.15, 0.2) is 11.4 Å². The first-order valence-electron chi connectivity index (χ1n) is 9.27. The minimum Gasteiger partial charge on any atom is -0.349 e. The topological polar surface area (TPSA) is 108 Å². The van der Waals surface area contributed by atoms with E-state index < -0.39 is 33.9 Å². The van der Waals surface area contributed by atoms with Gasteiger partial charge in [0.1, 0.15) is 0 Å². The third kappa shape index (κ3) is 4.95. The molecule has 0 unspecified atom stereocenters. The fourth-order valence-corrected chi connectivity index (χ4v) is 3.62. The standard InChI is InChI=1S/C18H14ClF4N5O4S/c1-27-17(14(18(20,21)22)16(26-27)32-33(23,30)31)28-8-10(7-24-28)9-2-5-13(19)12(6-9)15(29)25-11-3-4-11/h2,5-8,11H,3-4H2,1H3,(H,25,29). The first-order valence-corrected chi connectivity index (χ1v) is 11.0. The average Bonchev–Trinajstić information content (AvgIpc) is 3.24. The van der Waals surface area contributed by atoms with Gasteiger partial charge in [-0.05, 0) is 30.5 Å². The molecule has 1 aliphatic rings. The molecule has 3 aromatic rings. The van der Waals surface area contributed by atoms with Gasteiger partial charge in [-0.25, -0.2) is 9.36 Å². The van der Waals surface area contributed by atoms with E-state index in [2.05, 4.69) is 19.7 Å². The van der Waals surface area contributed by atoms with E-state index in [1.165, 1.54) is 24.5 Å². The van der Waals surface area contributed by atoms with Crippen molar-refractivity contribution in [2.75, 3.05) is 0 Å². The number of halogens is 5. The molecule has 0 spiro atoms. The number of nitrogens with zero attached hydrogens (tertiary/aromatic N) is 4. The number of hydrogen-bond donors (Lipinski definition) is 1. The molecule has 15 heteroatoms. The summed E-state index contributed by atoms with van der Waals surface area (Å²) in [5.74, 6) is -2.57. The van der Waals surface area contributed by atoms with Crippen LogP contribution < -0.4 is 9.50 Å². The zero-order chi connectivity index (χ0) is 24.1. The second-order valence-corrected chi connectivity index (χ2v) is 8.58. The molecule has 1 aromatic carbocycles. The molecule has 1 fully saturated rings. The third-order valence-corrected chi connectivity index (χ3v) is 5.39. The second kappa shape index (κ2) is 8.02. The Hall–Kier alpha value is -3.13. The largest absolute Gasteiger partial charge is 0.490 e. The van der Waals surface area contributed by atoms with Crippen molar-refractivity contribution in [2.45, 2.75) is 25.1 Å². The minimum absolute atomic E-state index is 0.0927. The minimum atomic E-state index is -5.76. The van der Waals surface area contributed by atoms with Crippen LogP contribution in [0.4, 0.5) is 17.1 Å². The van der Waals surface area contributed by atoms with Crippen molar-refractivity contribution in [2.24, 2.45) is 7.05 Å². The number of carbonyl (C=O) groups excluding carboxylic acids is 1. The Balaban J connectivity index is 1.74. The van der Waals surface area contributed by atoms with E-state index in [-0.39, 0.29) is 22.5 Å². The van der Waals surface area contributed by atoms with Crippen LogP contribution in [0.1, 0.15) is 28.8 Å². The number of carbonyl (C=O) groups is 1. The SMILES string of the molecule is Cn1nc(OS(=O)(=O)F)c(C(F)(F)F)c1-n1cc(-c2ccc(Cl)c(C(=O)NC3CC3)c2)cn1. The number of hydrogen-bond acceptors (Lipinski definition) is 6. The molecule has 33 heavy (non-hydrogen) atoms. The number of alkyl halides is 3. The van der Waals surface area contributed by atoms with Crippen molar-refractivity contribution >= 4 is 28.0 Å². The monoisotopic (exact) mass is 507 g/mol. The highest BCUT2D eigenvalue weighted by Gasteiger charge is 2.43. The van der Waals surface area contributed by atoms with Crippen LogP contribution in [-0.2, 0) is 23.7 Å². The maximum absolute atomic E-state index is 13.7. The van der Waals surface area contributed by atoms with E-state index in [9.17, 15) is 30.3 Å². The van der Waals surface area contributed by atoms with E-state index in [0.29, 0.717) is 15.8 Å². The van der Waals surface area contributed by atoms with Crippen LogP contribution in [0.2, 0.25) is 5.02 Å². The summed E-state index contributed by atoms with van der Waals surface area (Å²) in [6, 6.07) is 4.59. The van der Waals surface area contributed by atoms with Crippen LogP contribution in [0.15, 0.2) is 30.6 Å². The van der Waals surface area contributed by atoms with Gasteiger partial charge < -0.3 is 9.50 Å². The fourth-order valence-electron chi connectivity index (χ4n) is 3.11. The normalized spacial score (nSPS) is 14.4. The molecule has 9 nitrogen and oxygen atoms in total.